The van der Waals surface area contributed by atoms with Crippen molar-refractivity contribution in [3.63, 3.8) is 0 Å². The first-order chi connectivity index (χ1) is 12.8. The van der Waals surface area contributed by atoms with Crippen LogP contribution in [0, 0.1) is 23.4 Å². The molecule has 0 heterocycles. The number of hydrogen-bond acceptors (Lipinski definition) is 2. The summed E-state index contributed by atoms with van der Waals surface area (Å²) in [7, 11) is 0. The molecule has 0 aliphatic heterocycles. The van der Waals surface area contributed by atoms with E-state index in [2.05, 4.69) is 5.32 Å². The molecule has 0 saturated heterocycles. The third kappa shape index (κ3) is 4.30. The van der Waals surface area contributed by atoms with Gasteiger partial charge in [0.25, 0.3) is 0 Å². The lowest BCUT2D eigenvalue weighted by Gasteiger charge is -2.34. The Morgan fingerprint density at radius 1 is 1.11 bits per heavy atom. The molecule has 1 saturated carbocycles. The maximum atomic E-state index is 13.8. The van der Waals surface area contributed by atoms with Gasteiger partial charge in [-0.15, -0.1) is 0 Å². The topological polar surface area (TPSA) is 66.4 Å². The maximum Gasteiger partial charge on any atom is 0.338 e. The third-order valence-corrected chi connectivity index (χ3v) is 4.85. The summed E-state index contributed by atoms with van der Waals surface area (Å²) >= 11 is 0. The van der Waals surface area contributed by atoms with E-state index in [1.165, 1.54) is 12.1 Å². The summed E-state index contributed by atoms with van der Waals surface area (Å²) in [6.07, 6.45) is 2.26. The lowest BCUT2D eigenvalue weighted by Crippen LogP contribution is -2.37. The predicted octanol–water partition coefficient (Wildman–Crippen LogP) is 4.00. The lowest BCUT2D eigenvalue weighted by atomic mass is 9.77. The van der Waals surface area contributed by atoms with Gasteiger partial charge in [0.1, 0.15) is 17.5 Å². The summed E-state index contributed by atoms with van der Waals surface area (Å²) in [6.45, 7) is 0. The van der Waals surface area contributed by atoms with Crippen LogP contribution in [0.5, 0.6) is 0 Å². The quantitative estimate of drug-likeness (QED) is 0.800. The zero-order chi connectivity index (χ0) is 19.6. The molecule has 1 fully saturated rings. The van der Waals surface area contributed by atoms with E-state index in [0.717, 1.165) is 25.3 Å². The molecule has 2 aromatic carbocycles. The van der Waals surface area contributed by atoms with Gasteiger partial charge >= 0.3 is 5.97 Å². The molecule has 7 heteroatoms. The molecular weight excluding hydrogens is 359 g/mol. The zero-order valence-corrected chi connectivity index (χ0v) is 14.3. The number of carboxylic acid groups (broad SMARTS) is 1. The van der Waals surface area contributed by atoms with Gasteiger partial charge in [0.2, 0.25) is 5.91 Å². The first kappa shape index (κ1) is 18.9. The Bertz CT molecular complexity index is 881. The van der Waals surface area contributed by atoms with Crippen molar-refractivity contribution in [3.8, 4) is 0 Å². The van der Waals surface area contributed by atoms with Crippen LogP contribution in [0.4, 0.5) is 13.2 Å². The summed E-state index contributed by atoms with van der Waals surface area (Å²) in [5, 5.41) is 11.9. The van der Waals surface area contributed by atoms with Crippen molar-refractivity contribution in [2.75, 3.05) is 0 Å². The molecule has 2 N–H and O–H groups in total. The molecule has 0 aromatic heterocycles. The molecule has 0 spiro atoms. The molecule has 0 bridgehead atoms. The van der Waals surface area contributed by atoms with Crippen LogP contribution >= 0.6 is 0 Å². The van der Waals surface area contributed by atoms with Gasteiger partial charge in [-0.05, 0) is 48.1 Å². The molecule has 3 rings (SSSR count). The fraction of sp³-hybridized carbons (Fsp3) is 0.300. The minimum Gasteiger partial charge on any atom is -0.478 e. The third-order valence-electron chi connectivity index (χ3n) is 4.85. The van der Waals surface area contributed by atoms with Gasteiger partial charge in [0.05, 0.1) is 18.0 Å². The molecular formula is C20H18F3NO3. The van der Waals surface area contributed by atoms with E-state index in [9.17, 15) is 22.8 Å². The number of benzene rings is 2. The molecule has 27 heavy (non-hydrogen) atoms. The van der Waals surface area contributed by atoms with Crippen LogP contribution in [0.25, 0.3) is 0 Å². The Hall–Kier alpha value is -2.83. The Labute approximate surface area is 154 Å². The molecule has 142 valence electrons. The average Bonchev–Trinajstić information content (AvgIpc) is 2.51. The van der Waals surface area contributed by atoms with Crippen LogP contribution in [0.3, 0.4) is 0 Å². The number of carbonyl (C=O) groups excluding carboxylic acids is 1. The number of halogens is 3. The Kier molecular flexibility index (Phi) is 5.48. The number of carboxylic acids is 1. The van der Waals surface area contributed by atoms with Crippen LogP contribution in [0.1, 0.15) is 46.8 Å². The second-order valence-corrected chi connectivity index (χ2v) is 6.69. The van der Waals surface area contributed by atoms with E-state index in [1.807, 2.05) is 0 Å². The highest BCUT2D eigenvalue weighted by atomic mass is 19.1. The van der Waals surface area contributed by atoms with Gasteiger partial charge in [-0.1, -0.05) is 18.6 Å². The molecule has 1 atom stereocenters. The van der Waals surface area contributed by atoms with Gasteiger partial charge in [-0.2, -0.15) is 0 Å². The number of amides is 1. The summed E-state index contributed by atoms with van der Waals surface area (Å²) in [5.41, 5.74) is -0.362. The van der Waals surface area contributed by atoms with Crippen LogP contribution in [-0.2, 0) is 11.2 Å². The summed E-state index contributed by atoms with van der Waals surface area (Å²) in [5.74, 6) is -4.63. The van der Waals surface area contributed by atoms with E-state index < -0.39 is 47.4 Å². The Morgan fingerprint density at radius 3 is 2.44 bits per heavy atom. The first-order valence-electron chi connectivity index (χ1n) is 8.61. The van der Waals surface area contributed by atoms with E-state index in [-0.39, 0.29) is 11.5 Å². The first-order valence-corrected chi connectivity index (χ1v) is 8.61. The SMILES string of the molecule is O=C(Cc1cc(F)cc(F)c1C(=O)O)N[C@H](c1cccc(F)c1)C1CCC1. The molecule has 1 aliphatic carbocycles. The molecule has 2 aromatic rings. The highest BCUT2D eigenvalue weighted by Gasteiger charge is 2.30. The molecule has 0 radical (unpaired) electrons. The van der Waals surface area contributed by atoms with E-state index in [4.69, 9.17) is 5.11 Å². The summed E-state index contributed by atoms with van der Waals surface area (Å²) < 4.78 is 40.8. The van der Waals surface area contributed by atoms with Gasteiger partial charge in [0, 0.05) is 6.07 Å². The van der Waals surface area contributed by atoms with Gasteiger partial charge in [-0.3, -0.25) is 4.79 Å². The predicted molar refractivity (Wildman–Crippen MR) is 91.6 cm³/mol. The number of hydrogen-bond donors (Lipinski definition) is 2. The zero-order valence-electron chi connectivity index (χ0n) is 14.3. The fourth-order valence-corrected chi connectivity index (χ4v) is 3.35. The summed E-state index contributed by atoms with van der Waals surface area (Å²) in [4.78, 5) is 23.7. The normalized spacial score (nSPS) is 15.1. The molecule has 0 unspecified atom stereocenters. The van der Waals surface area contributed by atoms with Gasteiger partial charge in [-0.25, -0.2) is 18.0 Å². The van der Waals surface area contributed by atoms with Crippen molar-refractivity contribution in [1.29, 1.82) is 0 Å². The monoisotopic (exact) mass is 377 g/mol. The van der Waals surface area contributed by atoms with Gasteiger partial charge in [0.15, 0.2) is 0 Å². The van der Waals surface area contributed by atoms with Crippen molar-refractivity contribution in [2.24, 2.45) is 5.92 Å². The highest BCUT2D eigenvalue weighted by molar-refractivity contribution is 5.92. The van der Waals surface area contributed by atoms with E-state index in [1.54, 1.807) is 12.1 Å². The largest absolute Gasteiger partial charge is 0.478 e. The molecule has 1 amide bonds. The van der Waals surface area contributed by atoms with Crippen molar-refractivity contribution >= 4 is 11.9 Å². The van der Waals surface area contributed by atoms with Crippen molar-refractivity contribution in [1.82, 2.24) is 5.32 Å². The fourth-order valence-electron chi connectivity index (χ4n) is 3.35. The average molecular weight is 377 g/mol. The maximum absolute atomic E-state index is 13.8. The second-order valence-electron chi connectivity index (χ2n) is 6.69. The number of rotatable bonds is 6. The van der Waals surface area contributed by atoms with E-state index in [0.29, 0.717) is 11.6 Å². The highest BCUT2D eigenvalue weighted by Crippen LogP contribution is 2.38. The van der Waals surface area contributed by atoms with Crippen LogP contribution in [0.2, 0.25) is 0 Å². The smallest absolute Gasteiger partial charge is 0.338 e. The minimum atomic E-state index is -1.57. The number of nitrogens with one attached hydrogen (secondary N) is 1. The van der Waals surface area contributed by atoms with Crippen LogP contribution in [0.15, 0.2) is 36.4 Å². The molecule has 4 nitrogen and oxygen atoms in total. The second kappa shape index (κ2) is 7.82. The van der Waals surface area contributed by atoms with Crippen molar-refractivity contribution < 1.29 is 27.9 Å². The van der Waals surface area contributed by atoms with E-state index >= 15 is 0 Å². The lowest BCUT2D eigenvalue weighted by molar-refractivity contribution is -0.121. The summed E-state index contributed by atoms with van der Waals surface area (Å²) in [6, 6.07) is 6.77. The van der Waals surface area contributed by atoms with Crippen LogP contribution in [-0.4, -0.2) is 17.0 Å². The molecule has 1 aliphatic rings. The van der Waals surface area contributed by atoms with Gasteiger partial charge < -0.3 is 10.4 Å². The number of aromatic carboxylic acids is 1. The Balaban J connectivity index is 1.82. The van der Waals surface area contributed by atoms with Crippen LogP contribution < -0.4 is 5.32 Å². The number of carbonyl (C=O) groups is 2. The van der Waals surface area contributed by atoms with Crippen molar-refractivity contribution in [2.45, 2.75) is 31.7 Å². The van der Waals surface area contributed by atoms with Crippen molar-refractivity contribution in [3.05, 3.63) is 70.5 Å². The minimum absolute atomic E-state index is 0.138. The standard InChI is InChI=1S/C20H18F3NO3/c21-14-6-2-5-12(7-14)19(11-3-1-4-11)24-17(25)9-13-8-15(22)10-16(23)18(13)20(26)27/h2,5-8,10-11,19H,1,3-4,9H2,(H,24,25)(H,26,27)/t19-/m0/s1. The Morgan fingerprint density at radius 2 is 1.85 bits per heavy atom.